The Balaban J connectivity index is 1.49. The van der Waals surface area contributed by atoms with Gasteiger partial charge in [0.1, 0.15) is 11.5 Å². The monoisotopic (exact) mass is 492 g/mol. The number of aromatic nitrogens is 5. The standard InChI is InChI=1S/C23H27F3N6OS/c1-13(2)14-5-7-15(8-6-14)17-10-19(23(24,25)26)32-20(27-17)11-18(30-32)21-28-29-22(34)31(21)12-16-4-3-9-33-16/h5-8,11,13,16-17,19,27H,3-4,9-10,12H2,1-2H3,(H,29,34)/t16-,17+,19+/m1/s1. The van der Waals surface area contributed by atoms with E-state index in [-0.39, 0.29) is 12.5 Å². The van der Waals surface area contributed by atoms with Crippen molar-refractivity contribution >= 4 is 18.0 Å². The van der Waals surface area contributed by atoms with Crippen LogP contribution in [0.1, 0.15) is 62.2 Å². The molecule has 1 saturated heterocycles. The Morgan fingerprint density at radius 1 is 1.24 bits per heavy atom. The minimum Gasteiger partial charge on any atom is -0.376 e. The van der Waals surface area contributed by atoms with Crippen LogP contribution >= 0.6 is 12.2 Å². The highest BCUT2D eigenvalue weighted by Crippen LogP contribution is 2.44. The van der Waals surface area contributed by atoms with Gasteiger partial charge in [0.05, 0.1) is 18.7 Å². The van der Waals surface area contributed by atoms with Crippen molar-refractivity contribution in [1.82, 2.24) is 24.5 Å². The van der Waals surface area contributed by atoms with Crippen LogP contribution in [0.2, 0.25) is 0 Å². The molecule has 3 atom stereocenters. The summed E-state index contributed by atoms with van der Waals surface area (Å²) in [5.41, 5.74) is 2.29. The molecule has 0 bridgehead atoms. The number of H-pyrrole nitrogens is 1. The first-order chi connectivity index (χ1) is 16.2. The summed E-state index contributed by atoms with van der Waals surface area (Å²) in [7, 11) is 0. The van der Waals surface area contributed by atoms with Crippen molar-refractivity contribution < 1.29 is 17.9 Å². The predicted octanol–water partition coefficient (Wildman–Crippen LogP) is 5.77. The Morgan fingerprint density at radius 2 is 2.00 bits per heavy atom. The van der Waals surface area contributed by atoms with Gasteiger partial charge in [0.2, 0.25) is 0 Å². The van der Waals surface area contributed by atoms with Crippen molar-refractivity contribution in [3.63, 3.8) is 0 Å². The van der Waals surface area contributed by atoms with E-state index in [0.29, 0.717) is 41.2 Å². The van der Waals surface area contributed by atoms with Gasteiger partial charge < -0.3 is 10.1 Å². The van der Waals surface area contributed by atoms with Crippen LogP contribution in [0, 0.1) is 4.77 Å². The first-order valence-electron chi connectivity index (χ1n) is 11.5. The number of hydrogen-bond donors (Lipinski definition) is 2. The molecular weight excluding hydrogens is 465 g/mol. The van der Waals surface area contributed by atoms with E-state index >= 15 is 0 Å². The molecule has 182 valence electrons. The molecule has 2 aromatic heterocycles. The van der Waals surface area contributed by atoms with Gasteiger partial charge in [0, 0.05) is 19.1 Å². The van der Waals surface area contributed by atoms with Gasteiger partial charge in [0.25, 0.3) is 0 Å². The minimum absolute atomic E-state index is 0.000436. The molecule has 1 aromatic carbocycles. The van der Waals surface area contributed by atoms with Gasteiger partial charge in [-0.3, -0.25) is 9.67 Å². The van der Waals surface area contributed by atoms with Gasteiger partial charge >= 0.3 is 6.18 Å². The first-order valence-corrected chi connectivity index (χ1v) is 11.9. The number of nitrogens with zero attached hydrogens (tertiary/aromatic N) is 4. The quantitative estimate of drug-likeness (QED) is 0.443. The molecule has 0 amide bonds. The van der Waals surface area contributed by atoms with Crippen molar-refractivity contribution in [2.24, 2.45) is 0 Å². The highest BCUT2D eigenvalue weighted by Gasteiger charge is 2.46. The third kappa shape index (κ3) is 4.38. The molecule has 0 aliphatic carbocycles. The Kier molecular flexibility index (Phi) is 6.01. The number of anilines is 1. The molecule has 5 rings (SSSR count). The molecule has 0 radical (unpaired) electrons. The Hall–Kier alpha value is -2.66. The van der Waals surface area contributed by atoms with Crippen LogP contribution in [-0.4, -0.2) is 43.4 Å². The van der Waals surface area contributed by atoms with Crippen molar-refractivity contribution in [2.45, 2.75) is 69.9 Å². The Bertz CT molecular complexity index is 1210. The lowest BCUT2D eigenvalue weighted by atomic mass is 9.94. The molecule has 2 aliphatic heterocycles. The van der Waals surface area contributed by atoms with Gasteiger partial charge in [-0.2, -0.15) is 23.4 Å². The summed E-state index contributed by atoms with van der Waals surface area (Å²) in [5.74, 6) is 1.06. The van der Waals surface area contributed by atoms with Crippen LogP contribution in [0.25, 0.3) is 11.5 Å². The lowest BCUT2D eigenvalue weighted by molar-refractivity contribution is -0.173. The van der Waals surface area contributed by atoms with Crippen molar-refractivity contribution in [1.29, 1.82) is 0 Å². The summed E-state index contributed by atoms with van der Waals surface area (Å²) in [6, 6.07) is 7.14. The van der Waals surface area contributed by atoms with E-state index in [4.69, 9.17) is 17.0 Å². The number of ether oxygens (including phenoxy) is 1. The number of nitrogens with one attached hydrogen (secondary N) is 2. The summed E-state index contributed by atoms with van der Waals surface area (Å²) in [6.45, 7) is 5.35. The molecule has 11 heteroatoms. The molecule has 34 heavy (non-hydrogen) atoms. The summed E-state index contributed by atoms with van der Waals surface area (Å²) in [4.78, 5) is 0. The summed E-state index contributed by atoms with van der Waals surface area (Å²) < 4.78 is 51.2. The van der Waals surface area contributed by atoms with Crippen molar-refractivity contribution in [3.05, 3.63) is 46.2 Å². The first kappa shape index (κ1) is 23.1. The van der Waals surface area contributed by atoms with Gasteiger partial charge in [-0.25, -0.2) is 4.68 Å². The molecule has 3 aromatic rings. The number of hydrogen-bond acceptors (Lipinski definition) is 5. The normalized spacial score (nSPS) is 22.7. The van der Waals surface area contributed by atoms with Gasteiger partial charge in [-0.05, 0) is 42.1 Å². The van der Waals surface area contributed by atoms with E-state index in [1.54, 1.807) is 10.6 Å². The van der Waals surface area contributed by atoms with Crippen LogP contribution in [0.5, 0.6) is 0 Å². The highest BCUT2D eigenvalue weighted by molar-refractivity contribution is 7.71. The fourth-order valence-electron chi connectivity index (χ4n) is 4.69. The SMILES string of the molecule is CC(C)c1ccc([C@@H]2C[C@@H](C(F)(F)F)n3nc(-c4n[nH]c(=S)n4C[C@H]4CCCO4)cc3N2)cc1. The third-order valence-corrected chi connectivity index (χ3v) is 6.90. The molecule has 0 unspecified atom stereocenters. The number of halogens is 3. The molecular formula is C23H27F3N6OS. The van der Waals surface area contributed by atoms with Crippen LogP contribution < -0.4 is 5.32 Å². The molecule has 4 heterocycles. The van der Waals surface area contributed by atoms with E-state index < -0.39 is 18.3 Å². The zero-order chi connectivity index (χ0) is 24.0. The summed E-state index contributed by atoms with van der Waals surface area (Å²) in [6.07, 6.45) is -2.72. The largest absolute Gasteiger partial charge is 0.410 e. The molecule has 2 N–H and O–H groups in total. The van der Waals surface area contributed by atoms with Crippen LogP contribution in [0.15, 0.2) is 30.3 Å². The third-order valence-electron chi connectivity index (χ3n) is 6.59. The number of benzene rings is 1. The van der Waals surface area contributed by atoms with Crippen LogP contribution in [-0.2, 0) is 11.3 Å². The van der Waals surface area contributed by atoms with Crippen LogP contribution in [0.3, 0.4) is 0 Å². The van der Waals surface area contributed by atoms with E-state index in [1.165, 1.54) is 0 Å². The number of aromatic amines is 1. The summed E-state index contributed by atoms with van der Waals surface area (Å²) >= 11 is 5.37. The van der Waals surface area contributed by atoms with Gasteiger partial charge in [-0.15, -0.1) is 0 Å². The number of alkyl halides is 3. The molecule has 0 spiro atoms. The molecule has 0 saturated carbocycles. The number of fused-ring (bicyclic) bond motifs is 1. The van der Waals surface area contributed by atoms with Gasteiger partial charge in [0.15, 0.2) is 16.6 Å². The maximum atomic E-state index is 14.1. The molecule has 1 fully saturated rings. The topological polar surface area (TPSA) is 72.7 Å². The maximum Gasteiger partial charge on any atom is 0.410 e. The molecule has 7 nitrogen and oxygen atoms in total. The molecule has 2 aliphatic rings. The predicted molar refractivity (Wildman–Crippen MR) is 124 cm³/mol. The second-order valence-electron chi connectivity index (χ2n) is 9.27. The maximum absolute atomic E-state index is 14.1. The Morgan fingerprint density at radius 3 is 2.65 bits per heavy atom. The second kappa shape index (κ2) is 8.84. The van der Waals surface area contributed by atoms with E-state index in [0.717, 1.165) is 28.7 Å². The van der Waals surface area contributed by atoms with Crippen LogP contribution in [0.4, 0.5) is 19.0 Å². The zero-order valence-corrected chi connectivity index (χ0v) is 19.8. The zero-order valence-electron chi connectivity index (χ0n) is 19.0. The van der Waals surface area contributed by atoms with Gasteiger partial charge in [-0.1, -0.05) is 38.1 Å². The number of rotatable bonds is 5. The van der Waals surface area contributed by atoms with E-state index in [2.05, 4.69) is 34.5 Å². The van der Waals surface area contributed by atoms with Crippen molar-refractivity contribution in [3.8, 4) is 11.5 Å². The fourth-order valence-corrected chi connectivity index (χ4v) is 4.90. The highest BCUT2D eigenvalue weighted by atomic mass is 32.1. The lowest BCUT2D eigenvalue weighted by Gasteiger charge is -2.33. The van der Waals surface area contributed by atoms with Crippen molar-refractivity contribution in [2.75, 3.05) is 11.9 Å². The fraction of sp³-hybridized carbons (Fsp3) is 0.522. The average Bonchev–Trinajstić information content (AvgIpc) is 3.53. The van der Waals surface area contributed by atoms with E-state index in [1.807, 2.05) is 24.3 Å². The second-order valence-corrected chi connectivity index (χ2v) is 9.66. The Labute approximate surface area is 200 Å². The minimum atomic E-state index is -4.45. The van der Waals surface area contributed by atoms with E-state index in [9.17, 15) is 13.2 Å². The average molecular weight is 493 g/mol. The smallest absolute Gasteiger partial charge is 0.376 e. The summed E-state index contributed by atoms with van der Waals surface area (Å²) in [5, 5.41) is 14.6. The lowest BCUT2D eigenvalue weighted by Crippen LogP contribution is -2.35.